The quantitative estimate of drug-likeness (QED) is 0.861. The molecule has 21 heavy (non-hydrogen) atoms. The molecule has 3 rings (SSSR count). The first-order valence-electron chi connectivity index (χ1n) is 7.37. The van der Waals surface area contributed by atoms with Gasteiger partial charge in [0.2, 0.25) is 5.91 Å². The van der Waals surface area contributed by atoms with Crippen molar-refractivity contribution in [3.05, 3.63) is 58.3 Å². The van der Waals surface area contributed by atoms with Crippen LogP contribution in [0.15, 0.2) is 47.8 Å². The van der Waals surface area contributed by atoms with Crippen molar-refractivity contribution in [1.29, 1.82) is 0 Å². The van der Waals surface area contributed by atoms with Gasteiger partial charge in [-0.2, -0.15) is 0 Å². The Labute approximate surface area is 129 Å². The van der Waals surface area contributed by atoms with E-state index in [2.05, 4.69) is 11.4 Å². The van der Waals surface area contributed by atoms with Gasteiger partial charge in [0.05, 0.1) is 6.04 Å². The van der Waals surface area contributed by atoms with Crippen LogP contribution in [-0.4, -0.2) is 11.9 Å². The number of amides is 1. The van der Waals surface area contributed by atoms with E-state index >= 15 is 0 Å². The van der Waals surface area contributed by atoms with E-state index in [4.69, 9.17) is 5.73 Å². The molecule has 3 N–H and O–H groups in total. The molecule has 110 valence electrons. The molecule has 0 radical (unpaired) electrons. The first kappa shape index (κ1) is 14.3. The molecule has 3 nitrogen and oxygen atoms in total. The third-order valence-corrected chi connectivity index (χ3v) is 4.85. The van der Waals surface area contributed by atoms with E-state index in [1.165, 1.54) is 12.8 Å². The van der Waals surface area contributed by atoms with E-state index in [-0.39, 0.29) is 18.0 Å². The molecule has 1 aromatic heterocycles. The van der Waals surface area contributed by atoms with Gasteiger partial charge in [0.15, 0.2) is 0 Å². The van der Waals surface area contributed by atoms with Gasteiger partial charge < -0.3 is 11.1 Å². The second kappa shape index (κ2) is 6.41. The number of rotatable bonds is 6. The first-order chi connectivity index (χ1) is 10.2. The SMILES string of the molecule is NC(CC(=O)NC(c1ccccc1)c1cccs1)C1CC1. The number of nitrogens with two attached hydrogens (primary N) is 1. The van der Waals surface area contributed by atoms with E-state index in [1.807, 2.05) is 41.8 Å². The molecule has 1 aromatic carbocycles. The van der Waals surface area contributed by atoms with Crippen LogP contribution in [-0.2, 0) is 4.79 Å². The molecule has 0 saturated heterocycles. The van der Waals surface area contributed by atoms with Gasteiger partial charge in [0, 0.05) is 17.3 Å². The highest BCUT2D eigenvalue weighted by Crippen LogP contribution is 2.33. The Bertz CT molecular complexity index is 578. The minimum absolute atomic E-state index is 0.00441. The highest BCUT2D eigenvalue weighted by molar-refractivity contribution is 7.10. The summed E-state index contributed by atoms with van der Waals surface area (Å²) in [4.78, 5) is 13.4. The Morgan fingerprint density at radius 1 is 1.24 bits per heavy atom. The lowest BCUT2D eigenvalue weighted by molar-refractivity contribution is -0.122. The van der Waals surface area contributed by atoms with Gasteiger partial charge in [-0.05, 0) is 35.8 Å². The van der Waals surface area contributed by atoms with Gasteiger partial charge in [0.1, 0.15) is 0 Å². The Balaban J connectivity index is 1.72. The summed E-state index contributed by atoms with van der Waals surface area (Å²) in [7, 11) is 0. The van der Waals surface area contributed by atoms with Gasteiger partial charge in [-0.3, -0.25) is 4.79 Å². The molecule has 2 atom stereocenters. The van der Waals surface area contributed by atoms with Crippen molar-refractivity contribution in [3.8, 4) is 0 Å². The molecule has 4 heteroatoms. The molecule has 1 amide bonds. The van der Waals surface area contributed by atoms with Crippen LogP contribution in [0.25, 0.3) is 0 Å². The Kier molecular flexibility index (Phi) is 4.36. The standard InChI is InChI=1S/C17H20N2OS/c18-14(12-8-9-12)11-16(20)19-17(15-7-4-10-21-15)13-5-2-1-3-6-13/h1-7,10,12,14,17H,8-9,11,18H2,(H,19,20). The lowest BCUT2D eigenvalue weighted by atomic mass is 10.0. The molecule has 0 bridgehead atoms. The van der Waals surface area contributed by atoms with Crippen molar-refractivity contribution in [2.45, 2.75) is 31.3 Å². The van der Waals surface area contributed by atoms with Crippen LogP contribution < -0.4 is 11.1 Å². The number of hydrogen-bond donors (Lipinski definition) is 2. The summed E-state index contributed by atoms with van der Waals surface area (Å²) in [6.45, 7) is 0. The summed E-state index contributed by atoms with van der Waals surface area (Å²) in [6, 6.07) is 14.1. The molecular formula is C17H20N2OS. The molecule has 1 aliphatic carbocycles. The monoisotopic (exact) mass is 300 g/mol. The number of benzene rings is 1. The molecule has 1 aliphatic rings. The summed E-state index contributed by atoms with van der Waals surface area (Å²) in [6.07, 6.45) is 2.75. The van der Waals surface area contributed by atoms with Crippen molar-refractivity contribution in [1.82, 2.24) is 5.32 Å². The lowest BCUT2D eigenvalue weighted by Gasteiger charge is -2.19. The average Bonchev–Trinajstić information content (AvgIpc) is 3.22. The molecule has 0 spiro atoms. The second-order valence-electron chi connectivity index (χ2n) is 5.63. The van der Waals surface area contributed by atoms with Crippen LogP contribution >= 0.6 is 11.3 Å². The predicted octanol–water partition coefficient (Wildman–Crippen LogP) is 3.08. The zero-order chi connectivity index (χ0) is 14.7. The topological polar surface area (TPSA) is 55.1 Å². The van der Waals surface area contributed by atoms with Crippen LogP contribution in [0.4, 0.5) is 0 Å². The Hall–Kier alpha value is -1.65. The fraction of sp³-hybridized carbons (Fsp3) is 0.353. The fourth-order valence-corrected chi connectivity index (χ4v) is 3.35. The fourth-order valence-electron chi connectivity index (χ4n) is 2.54. The number of thiophene rings is 1. The van der Waals surface area contributed by atoms with Crippen LogP contribution in [0.2, 0.25) is 0 Å². The number of carbonyl (C=O) groups is 1. The van der Waals surface area contributed by atoms with E-state index in [0.29, 0.717) is 12.3 Å². The van der Waals surface area contributed by atoms with Gasteiger partial charge in [-0.1, -0.05) is 36.4 Å². The number of hydrogen-bond acceptors (Lipinski definition) is 3. The lowest BCUT2D eigenvalue weighted by Crippen LogP contribution is -2.35. The van der Waals surface area contributed by atoms with Crippen molar-refractivity contribution >= 4 is 17.2 Å². The van der Waals surface area contributed by atoms with Crippen molar-refractivity contribution in [3.63, 3.8) is 0 Å². The minimum atomic E-state index is -0.0786. The third kappa shape index (κ3) is 3.71. The molecule has 2 unspecified atom stereocenters. The summed E-state index contributed by atoms with van der Waals surface area (Å²) in [5.74, 6) is 0.587. The zero-order valence-electron chi connectivity index (χ0n) is 11.9. The maximum Gasteiger partial charge on any atom is 0.222 e. The van der Waals surface area contributed by atoms with Crippen LogP contribution in [0.1, 0.15) is 35.7 Å². The third-order valence-electron chi connectivity index (χ3n) is 3.91. The highest BCUT2D eigenvalue weighted by atomic mass is 32.1. The second-order valence-corrected chi connectivity index (χ2v) is 6.61. The summed E-state index contributed by atoms with van der Waals surface area (Å²) in [5.41, 5.74) is 7.16. The number of carbonyl (C=O) groups excluding carboxylic acids is 1. The van der Waals surface area contributed by atoms with Crippen LogP contribution in [0.5, 0.6) is 0 Å². The van der Waals surface area contributed by atoms with Gasteiger partial charge in [-0.15, -0.1) is 11.3 Å². The summed E-state index contributed by atoms with van der Waals surface area (Å²) in [5, 5.41) is 5.18. The maximum atomic E-state index is 12.3. The minimum Gasteiger partial charge on any atom is -0.344 e. The Morgan fingerprint density at radius 2 is 2.00 bits per heavy atom. The van der Waals surface area contributed by atoms with Gasteiger partial charge in [0.25, 0.3) is 0 Å². The highest BCUT2D eigenvalue weighted by Gasteiger charge is 2.30. The largest absolute Gasteiger partial charge is 0.344 e. The van der Waals surface area contributed by atoms with Gasteiger partial charge >= 0.3 is 0 Å². The van der Waals surface area contributed by atoms with Crippen LogP contribution in [0.3, 0.4) is 0 Å². The van der Waals surface area contributed by atoms with Crippen LogP contribution in [0, 0.1) is 5.92 Å². The molecule has 1 saturated carbocycles. The normalized spacial score (nSPS) is 17.2. The summed E-state index contributed by atoms with van der Waals surface area (Å²) >= 11 is 1.66. The predicted molar refractivity (Wildman–Crippen MR) is 86.1 cm³/mol. The van der Waals surface area contributed by atoms with E-state index < -0.39 is 0 Å². The Morgan fingerprint density at radius 3 is 2.62 bits per heavy atom. The van der Waals surface area contributed by atoms with E-state index in [1.54, 1.807) is 11.3 Å². The van der Waals surface area contributed by atoms with Crippen molar-refractivity contribution in [2.24, 2.45) is 11.7 Å². The van der Waals surface area contributed by atoms with Crippen molar-refractivity contribution in [2.75, 3.05) is 0 Å². The van der Waals surface area contributed by atoms with Gasteiger partial charge in [-0.25, -0.2) is 0 Å². The zero-order valence-corrected chi connectivity index (χ0v) is 12.7. The maximum absolute atomic E-state index is 12.3. The smallest absolute Gasteiger partial charge is 0.222 e. The molecule has 2 aromatic rings. The first-order valence-corrected chi connectivity index (χ1v) is 8.25. The number of nitrogens with one attached hydrogen (secondary N) is 1. The average molecular weight is 300 g/mol. The molecule has 1 fully saturated rings. The summed E-state index contributed by atoms with van der Waals surface area (Å²) < 4.78 is 0. The molecule has 1 heterocycles. The van der Waals surface area contributed by atoms with E-state index in [9.17, 15) is 4.79 Å². The van der Waals surface area contributed by atoms with E-state index in [0.717, 1.165) is 10.4 Å². The molecule has 0 aliphatic heterocycles. The van der Waals surface area contributed by atoms with Crippen molar-refractivity contribution < 1.29 is 4.79 Å². The molecular weight excluding hydrogens is 280 g/mol.